The van der Waals surface area contributed by atoms with E-state index in [4.69, 9.17) is 46.4 Å². The highest BCUT2D eigenvalue weighted by Gasteiger charge is 2.06. The highest BCUT2D eigenvalue weighted by Crippen LogP contribution is 2.27. The molecule has 0 aliphatic heterocycles. The summed E-state index contributed by atoms with van der Waals surface area (Å²) in [6, 6.07) is 5.31. The van der Waals surface area contributed by atoms with Gasteiger partial charge in [0.1, 0.15) is 0 Å². The molecule has 94 valence electrons. The van der Waals surface area contributed by atoms with Gasteiger partial charge in [-0.3, -0.25) is 0 Å². The van der Waals surface area contributed by atoms with Gasteiger partial charge in [-0.25, -0.2) is 0 Å². The van der Waals surface area contributed by atoms with Crippen LogP contribution in [-0.2, 0) is 5.75 Å². The minimum Gasteiger partial charge on any atom is -0.192 e. The van der Waals surface area contributed by atoms with Gasteiger partial charge in [-0.2, -0.15) is 15.0 Å². The van der Waals surface area contributed by atoms with Crippen LogP contribution in [0, 0.1) is 0 Å². The Balaban J connectivity index is 2.11. The first-order chi connectivity index (χ1) is 8.54. The number of benzene rings is 1. The lowest BCUT2D eigenvalue weighted by Crippen LogP contribution is -1.92. The van der Waals surface area contributed by atoms with Crippen molar-refractivity contribution < 1.29 is 0 Å². The highest BCUT2D eigenvalue weighted by atomic mass is 35.5. The number of hydrogen-bond donors (Lipinski definition) is 0. The highest BCUT2D eigenvalue weighted by molar-refractivity contribution is 7.98. The third kappa shape index (κ3) is 3.87. The van der Waals surface area contributed by atoms with Crippen molar-refractivity contribution in [2.75, 3.05) is 0 Å². The molecule has 18 heavy (non-hydrogen) atoms. The van der Waals surface area contributed by atoms with Crippen LogP contribution in [0.1, 0.15) is 5.56 Å². The van der Waals surface area contributed by atoms with E-state index in [0.717, 1.165) is 5.56 Å². The Hall–Kier alpha value is -0.260. The molecule has 0 radical (unpaired) electrons. The van der Waals surface area contributed by atoms with E-state index < -0.39 is 0 Å². The Kier molecular flexibility index (Phi) is 4.92. The fourth-order valence-corrected chi connectivity index (χ4v) is 3.01. The summed E-state index contributed by atoms with van der Waals surface area (Å²) in [5.74, 6) is 0.590. The smallest absolute Gasteiger partial charge is 0.192 e. The van der Waals surface area contributed by atoms with Gasteiger partial charge in [-0.1, -0.05) is 41.0 Å². The lowest BCUT2D eigenvalue weighted by atomic mass is 10.2. The minimum absolute atomic E-state index is 0.0692. The molecule has 0 fully saturated rings. The molecule has 0 saturated heterocycles. The quantitative estimate of drug-likeness (QED) is 0.754. The second kappa shape index (κ2) is 6.26. The third-order valence-electron chi connectivity index (χ3n) is 1.93. The van der Waals surface area contributed by atoms with Crippen LogP contribution in [0.4, 0.5) is 0 Å². The summed E-state index contributed by atoms with van der Waals surface area (Å²) in [4.78, 5) is 11.6. The van der Waals surface area contributed by atoms with Crippen LogP contribution in [0.3, 0.4) is 0 Å². The second-order valence-electron chi connectivity index (χ2n) is 3.18. The Bertz CT molecular complexity index is 559. The molecule has 0 saturated carbocycles. The van der Waals surface area contributed by atoms with Crippen molar-refractivity contribution in [3.05, 3.63) is 44.4 Å². The molecule has 8 heteroatoms. The van der Waals surface area contributed by atoms with E-state index in [-0.39, 0.29) is 10.6 Å². The molecule has 0 aliphatic carbocycles. The maximum absolute atomic E-state index is 6.06. The molecule has 0 N–H and O–H groups in total. The standard InChI is InChI=1S/C10H5Cl4N3S/c11-6-2-1-5(7(12)3-6)4-18-10-16-8(13)15-9(14)17-10/h1-3H,4H2. The lowest BCUT2D eigenvalue weighted by Gasteiger charge is -2.04. The zero-order chi connectivity index (χ0) is 13.1. The fraction of sp³-hybridized carbons (Fsp3) is 0.100. The zero-order valence-corrected chi connectivity index (χ0v) is 12.5. The summed E-state index contributed by atoms with van der Waals surface area (Å²) >= 11 is 24.6. The van der Waals surface area contributed by atoms with Crippen molar-refractivity contribution in [1.29, 1.82) is 0 Å². The van der Waals surface area contributed by atoms with Gasteiger partial charge >= 0.3 is 0 Å². The van der Waals surface area contributed by atoms with Crippen molar-refractivity contribution in [2.45, 2.75) is 10.9 Å². The van der Waals surface area contributed by atoms with E-state index in [1.165, 1.54) is 11.8 Å². The van der Waals surface area contributed by atoms with Crippen LogP contribution in [0.25, 0.3) is 0 Å². The summed E-state index contributed by atoms with van der Waals surface area (Å²) < 4.78 is 0. The minimum atomic E-state index is 0.0692. The molecule has 0 aliphatic rings. The van der Waals surface area contributed by atoms with Crippen LogP contribution in [0.15, 0.2) is 23.4 Å². The maximum atomic E-state index is 6.06. The number of thioether (sulfide) groups is 1. The summed E-state index contributed by atoms with van der Waals surface area (Å²) in [5.41, 5.74) is 0.929. The molecule has 1 aromatic carbocycles. The Morgan fingerprint density at radius 2 is 1.61 bits per heavy atom. The average Bonchev–Trinajstić information content (AvgIpc) is 2.26. The molecule has 0 atom stereocenters. The van der Waals surface area contributed by atoms with Crippen LogP contribution in [0.5, 0.6) is 0 Å². The SMILES string of the molecule is Clc1ccc(CSc2nc(Cl)nc(Cl)n2)c(Cl)c1. The molecule has 1 heterocycles. The van der Waals surface area contributed by atoms with E-state index in [9.17, 15) is 0 Å². The molecular formula is C10H5Cl4N3S. The topological polar surface area (TPSA) is 38.7 Å². The van der Waals surface area contributed by atoms with E-state index in [0.29, 0.717) is 21.0 Å². The predicted octanol–water partition coefficient (Wildman–Crippen LogP) is 4.78. The molecule has 0 unspecified atom stereocenters. The van der Waals surface area contributed by atoms with Crippen LogP contribution in [0.2, 0.25) is 20.6 Å². The number of halogens is 4. The second-order valence-corrected chi connectivity index (χ2v) is 5.64. The number of rotatable bonds is 3. The normalized spacial score (nSPS) is 10.7. The lowest BCUT2D eigenvalue weighted by molar-refractivity contribution is 0.903. The summed E-state index contributed by atoms with van der Waals surface area (Å²) in [5, 5.41) is 1.78. The van der Waals surface area contributed by atoms with Gasteiger partial charge in [0.2, 0.25) is 10.6 Å². The molecule has 2 aromatic rings. The first-order valence-electron chi connectivity index (χ1n) is 4.68. The van der Waals surface area contributed by atoms with Gasteiger partial charge in [0, 0.05) is 15.8 Å². The predicted molar refractivity (Wildman–Crippen MR) is 75.9 cm³/mol. The van der Waals surface area contributed by atoms with Crippen molar-refractivity contribution in [1.82, 2.24) is 15.0 Å². The van der Waals surface area contributed by atoms with Gasteiger partial charge in [0.15, 0.2) is 5.16 Å². The first kappa shape index (κ1) is 14.2. The van der Waals surface area contributed by atoms with Gasteiger partial charge < -0.3 is 0 Å². The molecule has 0 spiro atoms. The third-order valence-corrected chi connectivity index (χ3v) is 3.75. The largest absolute Gasteiger partial charge is 0.227 e. The van der Waals surface area contributed by atoms with Crippen molar-refractivity contribution in [3.8, 4) is 0 Å². The fourth-order valence-electron chi connectivity index (χ4n) is 1.15. The van der Waals surface area contributed by atoms with Gasteiger partial charge in [-0.15, -0.1) is 0 Å². The monoisotopic (exact) mass is 339 g/mol. The van der Waals surface area contributed by atoms with Crippen LogP contribution in [-0.4, -0.2) is 15.0 Å². The first-order valence-corrected chi connectivity index (χ1v) is 7.18. The van der Waals surface area contributed by atoms with Crippen molar-refractivity contribution in [2.24, 2.45) is 0 Å². The van der Waals surface area contributed by atoms with E-state index >= 15 is 0 Å². The Morgan fingerprint density at radius 3 is 2.22 bits per heavy atom. The van der Waals surface area contributed by atoms with E-state index in [1.54, 1.807) is 12.1 Å². The van der Waals surface area contributed by atoms with E-state index in [1.807, 2.05) is 6.07 Å². The molecule has 3 nitrogen and oxygen atoms in total. The Labute approximate surface area is 128 Å². The molecule has 0 amide bonds. The summed E-state index contributed by atoms with van der Waals surface area (Å²) in [7, 11) is 0. The van der Waals surface area contributed by atoms with Crippen molar-refractivity contribution in [3.63, 3.8) is 0 Å². The molecule has 1 aromatic heterocycles. The van der Waals surface area contributed by atoms with Crippen LogP contribution < -0.4 is 0 Å². The van der Waals surface area contributed by atoms with Crippen LogP contribution >= 0.6 is 58.2 Å². The molecule has 2 rings (SSSR count). The molecular weight excluding hydrogens is 336 g/mol. The summed E-state index contributed by atoms with van der Waals surface area (Å²) in [6.07, 6.45) is 0. The Morgan fingerprint density at radius 1 is 0.944 bits per heavy atom. The summed E-state index contributed by atoms with van der Waals surface area (Å²) in [6.45, 7) is 0. The van der Waals surface area contributed by atoms with Gasteiger partial charge in [0.05, 0.1) is 0 Å². The van der Waals surface area contributed by atoms with Crippen molar-refractivity contribution >= 4 is 58.2 Å². The van der Waals surface area contributed by atoms with E-state index in [2.05, 4.69) is 15.0 Å². The average molecular weight is 341 g/mol. The van der Waals surface area contributed by atoms with Gasteiger partial charge in [-0.05, 0) is 40.9 Å². The molecule has 0 bridgehead atoms. The number of nitrogens with zero attached hydrogens (tertiary/aromatic N) is 3. The van der Waals surface area contributed by atoms with Gasteiger partial charge in [0.25, 0.3) is 0 Å². The zero-order valence-electron chi connectivity index (χ0n) is 8.70. The number of hydrogen-bond acceptors (Lipinski definition) is 4. The maximum Gasteiger partial charge on any atom is 0.227 e. The number of aromatic nitrogens is 3.